The van der Waals surface area contributed by atoms with E-state index in [0.29, 0.717) is 5.69 Å². The maximum atomic E-state index is 13.3. The van der Waals surface area contributed by atoms with Crippen LogP contribution in [0.3, 0.4) is 0 Å². The summed E-state index contributed by atoms with van der Waals surface area (Å²) in [7, 11) is -9.62. The van der Waals surface area contributed by atoms with Gasteiger partial charge in [-0.15, -0.1) is 0 Å². The van der Waals surface area contributed by atoms with Crippen LogP contribution in [-0.2, 0) is 18.4 Å². The molecular formula is C20H22ClFN6O9P2. The quantitative estimate of drug-likeness (QED) is 0.150. The summed E-state index contributed by atoms with van der Waals surface area (Å²) in [4.78, 5) is 40.0. The Morgan fingerprint density at radius 3 is 2.62 bits per heavy atom. The van der Waals surface area contributed by atoms with Crippen LogP contribution >= 0.6 is 26.8 Å². The lowest BCUT2D eigenvalue weighted by Crippen LogP contribution is -2.33. The molecule has 15 nitrogen and oxygen atoms in total. The standard InChI is InChI=1S/C20H22ClFN6O9P2/c1-9(12-3-2-10(22)5-24-12)26-14-11(4-23)18(21)27-19-15(14)25-7-28(19)20-17(30)16(29)13(37-20)6-36-39(34,35)8-38(31,32)33/h2-3,5,7,9,13,16-17,20,29-30H,6,8H2,1H3,(H,26,27)(H,34,35)(H2,31,32,33)/t9-,13-,16-,17-,20-/m1/s1. The molecular weight excluding hydrogens is 585 g/mol. The molecule has 3 aromatic rings. The van der Waals surface area contributed by atoms with Crippen LogP contribution in [0.4, 0.5) is 10.1 Å². The highest BCUT2D eigenvalue weighted by molar-refractivity contribution is 7.70. The SMILES string of the molecule is C[C@@H](Nc1c(C#N)c(Cl)nc2c1ncn2[C@@H]1O[C@H](COP(=O)(O)CP(=O)(O)O)[C@@H](O)[C@H]1O)c1ccc(F)cn1. The van der Waals surface area contributed by atoms with E-state index in [1.807, 2.05) is 6.07 Å². The summed E-state index contributed by atoms with van der Waals surface area (Å²) in [6, 6.07) is 4.08. The topological polar surface area (TPSA) is 233 Å². The van der Waals surface area contributed by atoms with E-state index in [9.17, 15) is 33.9 Å². The van der Waals surface area contributed by atoms with E-state index < -0.39 is 64.1 Å². The number of pyridine rings is 2. The van der Waals surface area contributed by atoms with Crippen molar-refractivity contribution in [3.63, 3.8) is 0 Å². The van der Waals surface area contributed by atoms with Gasteiger partial charge in [-0.05, 0) is 19.1 Å². The third kappa shape index (κ3) is 6.45. The molecule has 6 N–H and O–H groups in total. The summed E-state index contributed by atoms with van der Waals surface area (Å²) in [5, 5.41) is 33.6. The number of hydrogen-bond donors (Lipinski definition) is 6. The Morgan fingerprint density at radius 2 is 2.00 bits per heavy atom. The van der Waals surface area contributed by atoms with Gasteiger partial charge in [-0.3, -0.25) is 18.7 Å². The number of imidazole rings is 1. The Kier molecular flexibility index (Phi) is 8.42. The van der Waals surface area contributed by atoms with Crippen LogP contribution in [0.15, 0.2) is 24.7 Å². The Labute approximate surface area is 224 Å². The summed E-state index contributed by atoms with van der Waals surface area (Å²) < 4.78 is 47.8. The minimum Gasteiger partial charge on any atom is -0.387 e. The second-order valence-corrected chi connectivity index (χ2v) is 13.0. The first-order chi connectivity index (χ1) is 18.2. The Morgan fingerprint density at radius 1 is 1.28 bits per heavy atom. The first-order valence-corrected chi connectivity index (χ1v) is 15.0. The van der Waals surface area contributed by atoms with Gasteiger partial charge < -0.3 is 39.5 Å². The summed E-state index contributed by atoms with van der Waals surface area (Å²) in [5.41, 5.74) is 0.730. The first-order valence-electron chi connectivity index (χ1n) is 11.1. The number of fused-ring (bicyclic) bond motifs is 1. The highest BCUT2D eigenvalue weighted by Crippen LogP contribution is 2.55. The molecule has 210 valence electrons. The molecule has 4 rings (SSSR count). The van der Waals surface area contributed by atoms with Gasteiger partial charge in [0.15, 0.2) is 22.9 Å². The zero-order valence-corrected chi connectivity index (χ0v) is 22.4. The molecule has 1 aliphatic rings. The molecule has 4 heterocycles. The molecule has 0 amide bonds. The average molecular weight is 607 g/mol. The average Bonchev–Trinajstić information content (AvgIpc) is 3.37. The van der Waals surface area contributed by atoms with Crippen molar-refractivity contribution in [2.45, 2.75) is 37.5 Å². The van der Waals surface area contributed by atoms with Crippen LogP contribution < -0.4 is 5.32 Å². The second-order valence-electron chi connectivity index (χ2n) is 8.64. The van der Waals surface area contributed by atoms with E-state index >= 15 is 0 Å². The molecule has 3 aromatic heterocycles. The lowest BCUT2D eigenvalue weighted by atomic mass is 10.1. The van der Waals surface area contributed by atoms with Crippen molar-refractivity contribution in [3.05, 3.63) is 46.9 Å². The summed E-state index contributed by atoms with van der Waals surface area (Å²) in [6.07, 6.45) is -3.75. The fourth-order valence-corrected chi connectivity index (χ4v) is 6.72. The van der Waals surface area contributed by atoms with Crippen LogP contribution in [0.25, 0.3) is 11.2 Å². The monoisotopic (exact) mass is 606 g/mol. The summed E-state index contributed by atoms with van der Waals surface area (Å²) >= 11 is 6.27. The van der Waals surface area contributed by atoms with Crippen LogP contribution in [0.1, 0.15) is 30.5 Å². The van der Waals surface area contributed by atoms with Crippen LogP contribution in [0.5, 0.6) is 0 Å². The molecule has 0 saturated carbocycles. The smallest absolute Gasteiger partial charge is 0.340 e. The zero-order chi connectivity index (χ0) is 28.7. The third-order valence-corrected chi connectivity index (χ3v) is 9.48. The molecule has 1 aliphatic heterocycles. The van der Waals surface area contributed by atoms with Crippen molar-refractivity contribution in [3.8, 4) is 6.07 Å². The number of aliphatic hydroxyl groups is 2. The number of rotatable bonds is 9. The molecule has 1 unspecified atom stereocenters. The molecule has 0 spiro atoms. The number of ether oxygens (including phenoxy) is 1. The Balaban J connectivity index is 1.62. The van der Waals surface area contributed by atoms with Crippen molar-refractivity contribution in [1.29, 1.82) is 5.26 Å². The zero-order valence-electron chi connectivity index (χ0n) is 19.9. The normalized spacial score (nSPS) is 23.9. The van der Waals surface area contributed by atoms with Gasteiger partial charge in [-0.1, -0.05) is 11.6 Å². The minimum absolute atomic E-state index is 0.0351. The number of anilines is 1. The minimum atomic E-state index is -4.88. The highest BCUT2D eigenvalue weighted by atomic mass is 35.5. The van der Waals surface area contributed by atoms with Crippen LogP contribution in [-0.4, -0.2) is 75.2 Å². The number of aliphatic hydroxyl groups excluding tert-OH is 2. The highest BCUT2D eigenvalue weighted by Gasteiger charge is 2.46. The predicted molar refractivity (Wildman–Crippen MR) is 132 cm³/mol. The number of hydrogen-bond acceptors (Lipinski definition) is 11. The molecule has 0 bridgehead atoms. The van der Waals surface area contributed by atoms with E-state index in [0.717, 1.165) is 6.20 Å². The number of nitrogens with one attached hydrogen (secondary N) is 1. The molecule has 0 radical (unpaired) electrons. The predicted octanol–water partition coefficient (Wildman–Crippen LogP) is 1.62. The van der Waals surface area contributed by atoms with Crippen LogP contribution in [0, 0.1) is 17.1 Å². The van der Waals surface area contributed by atoms with Crippen molar-refractivity contribution in [2.75, 3.05) is 17.8 Å². The van der Waals surface area contributed by atoms with Gasteiger partial charge in [0.1, 0.15) is 41.3 Å². The third-order valence-electron chi connectivity index (χ3n) is 5.75. The molecule has 39 heavy (non-hydrogen) atoms. The summed E-state index contributed by atoms with van der Waals surface area (Å²) in [6.45, 7) is 0.923. The molecule has 1 fully saturated rings. The van der Waals surface area contributed by atoms with E-state index in [-0.39, 0.29) is 27.6 Å². The van der Waals surface area contributed by atoms with Gasteiger partial charge in [0.2, 0.25) is 0 Å². The molecule has 0 aliphatic carbocycles. The van der Waals surface area contributed by atoms with Gasteiger partial charge in [-0.25, -0.2) is 14.4 Å². The fraction of sp³-hybridized carbons (Fsp3) is 0.400. The van der Waals surface area contributed by atoms with Crippen molar-refractivity contribution in [1.82, 2.24) is 19.5 Å². The number of nitriles is 1. The molecule has 1 saturated heterocycles. The molecule has 6 atom stereocenters. The van der Waals surface area contributed by atoms with Crippen molar-refractivity contribution >= 4 is 43.6 Å². The number of aromatic nitrogens is 4. The second kappa shape index (κ2) is 11.1. The van der Waals surface area contributed by atoms with E-state index in [1.54, 1.807) is 6.92 Å². The molecule has 0 aromatic carbocycles. The largest absolute Gasteiger partial charge is 0.387 e. The van der Waals surface area contributed by atoms with Crippen molar-refractivity contribution < 1.29 is 47.7 Å². The van der Waals surface area contributed by atoms with Gasteiger partial charge in [0, 0.05) is 0 Å². The maximum absolute atomic E-state index is 13.3. The Hall–Kier alpha value is -2.54. The fourth-order valence-electron chi connectivity index (χ4n) is 3.93. The first kappa shape index (κ1) is 29.4. The van der Waals surface area contributed by atoms with Crippen LogP contribution in [0.2, 0.25) is 5.15 Å². The number of halogens is 2. The Bertz CT molecular complexity index is 1510. The summed E-state index contributed by atoms with van der Waals surface area (Å²) in [5.74, 6) is -1.96. The molecule has 19 heteroatoms. The number of nitrogens with zero attached hydrogens (tertiary/aromatic N) is 5. The van der Waals surface area contributed by atoms with Gasteiger partial charge in [0.05, 0.1) is 36.6 Å². The van der Waals surface area contributed by atoms with Crippen molar-refractivity contribution in [2.24, 2.45) is 0 Å². The van der Waals surface area contributed by atoms with E-state index in [2.05, 4.69) is 20.3 Å². The lowest BCUT2D eigenvalue weighted by molar-refractivity contribution is -0.0483. The van der Waals surface area contributed by atoms with Gasteiger partial charge in [-0.2, -0.15) is 5.26 Å². The van der Waals surface area contributed by atoms with E-state index in [4.69, 9.17) is 30.6 Å². The maximum Gasteiger partial charge on any atom is 0.340 e. The van der Waals surface area contributed by atoms with Gasteiger partial charge in [0.25, 0.3) is 0 Å². The lowest BCUT2D eigenvalue weighted by Gasteiger charge is -2.19. The van der Waals surface area contributed by atoms with E-state index in [1.165, 1.54) is 23.0 Å². The van der Waals surface area contributed by atoms with Gasteiger partial charge >= 0.3 is 15.2 Å².